The van der Waals surface area contributed by atoms with E-state index in [1.165, 1.54) is 18.7 Å². The average Bonchev–Trinajstić information content (AvgIpc) is 2.17. The Morgan fingerprint density at radius 3 is 2.27 bits per heavy atom. The molecule has 0 radical (unpaired) electrons. The minimum Gasteiger partial charge on any atom is -0.300 e. The van der Waals surface area contributed by atoms with Crippen LogP contribution in [0.1, 0.15) is 31.1 Å². The molecule has 1 rings (SSSR count). The van der Waals surface area contributed by atoms with Gasteiger partial charge in [0, 0.05) is 18.6 Å². The van der Waals surface area contributed by atoms with Crippen LogP contribution in [0, 0.1) is 0 Å². The number of ketones is 1. The van der Waals surface area contributed by atoms with Crippen molar-refractivity contribution in [1.29, 1.82) is 0 Å². The Balaban J connectivity index is 2.81. The van der Waals surface area contributed by atoms with Gasteiger partial charge in [-0.2, -0.15) is 0 Å². The van der Waals surface area contributed by atoms with Gasteiger partial charge in [-0.25, -0.2) is 0 Å². The number of hydrogen-bond acceptors (Lipinski definition) is 3. The van der Waals surface area contributed by atoms with Crippen molar-refractivity contribution in [3.8, 4) is 0 Å². The van der Waals surface area contributed by atoms with Gasteiger partial charge in [0.1, 0.15) is 5.78 Å². The Hall–Kier alpha value is -1.09. The predicted octanol–water partition coefficient (Wildman–Crippen LogP) is 2.99. The Morgan fingerprint density at radius 1 is 1.20 bits per heavy atom. The lowest BCUT2D eigenvalue weighted by Gasteiger charge is -2.13. The van der Waals surface area contributed by atoms with Crippen LogP contribution < -0.4 is 0 Å². The van der Waals surface area contributed by atoms with E-state index in [4.69, 9.17) is 0 Å². The Kier molecular flexibility index (Phi) is 4.56. The molecule has 3 heteroatoms. The van der Waals surface area contributed by atoms with Gasteiger partial charge in [-0.1, -0.05) is 42.1 Å². The van der Waals surface area contributed by atoms with Crippen LogP contribution in [0.2, 0.25) is 0 Å². The van der Waals surface area contributed by atoms with E-state index in [-0.39, 0.29) is 16.1 Å². The summed E-state index contributed by atoms with van der Waals surface area (Å²) in [6, 6.07) is 9.66. The van der Waals surface area contributed by atoms with E-state index < -0.39 is 0 Å². The van der Waals surface area contributed by atoms with Crippen LogP contribution in [0.5, 0.6) is 0 Å². The molecule has 0 aliphatic carbocycles. The maximum Gasteiger partial charge on any atom is 0.186 e. The van der Waals surface area contributed by atoms with Crippen molar-refractivity contribution in [1.82, 2.24) is 0 Å². The highest BCUT2D eigenvalue weighted by Crippen LogP contribution is 2.32. The summed E-state index contributed by atoms with van der Waals surface area (Å²) in [6.07, 6.45) is 0.411. The highest BCUT2D eigenvalue weighted by molar-refractivity contribution is 8.13. The van der Waals surface area contributed by atoms with Crippen LogP contribution in [0.15, 0.2) is 30.3 Å². The van der Waals surface area contributed by atoms with Gasteiger partial charge in [-0.3, -0.25) is 9.59 Å². The fraction of sp³-hybridized carbons (Fsp3) is 0.333. The number of Topliss-reactive ketones (excluding diaryl/α,β-unsaturated/α-hetero) is 1. The lowest BCUT2D eigenvalue weighted by molar-refractivity contribution is -0.117. The molecular formula is C12H14O2S. The standard InChI is InChI=1S/C12H14O2S/c1-9(13)8-12(15-10(2)14)11-6-4-3-5-7-11/h3-7,12H,8H2,1-2H3/t12-/m1/s1. The highest BCUT2D eigenvalue weighted by Gasteiger charge is 2.16. The Bertz CT molecular complexity index is 330. The van der Waals surface area contributed by atoms with Gasteiger partial charge in [0.2, 0.25) is 0 Å². The molecule has 0 spiro atoms. The second-order valence-electron chi connectivity index (χ2n) is 3.41. The molecule has 1 aromatic rings. The maximum atomic E-state index is 11.1. The topological polar surface area (TPSA) is 34.1 Å². The molecule has 0 amide bonds. The summed E-state index contributed by atoms with van der Waals surface area (Å²) in [5, 5.41) is 0.00584. The van der Waals surface area contributed by atoms with Crippen molar-refractivity contribution in [2.24, 2.45) is 0 Å². The second kappa shape index (κ2) is 5.71. The predicted molar refractivity (Wildman–Crippen MR) is 62.8 cm³/mol. The molecule has 0 saturated heterocycles. The number of thioether (sulfide) groups is 1. The van der Waals surface area contributed by atoms with Crippen molar-refractivity contribution in [2.75, 3.05) is 0 Å². The SMILES string of the molecule is CC(=O)C[C@@H](SC(C)=O)c1ccccc1. The number of benzene rings is 1. The number of rotatable bonds is 4. The van der Waals surface area contributed by atoms with Gasteiger partial charge in [0.05, 0.1) is 0 Å². The van der Waals surface area contributed by atoms with Crippen molar-refractivity contribution in [2.45, 2.75) is 25.5 Å². The zero-order chi connectivity index (χ0) is 11.3. The van der Waals surface area contributed by atoms with Gasteiger partial charge < -0.3 is 0 Å². The molecule has 0 N–H and O–H groups in total. The summed E-state index contributed by atoms with van der Waals surface area (Å²) in [7, 11) is 0. The van der Waals surface area contributed by atoms with E-state index in [1.54, 1.807) is 6.92 Å². The first kappa shape index (κ1) is 12.0. The molecular weight excluding hydrogens is 208 g/mol. The molecule has 0 heterocycles. The lowest BCUT2D eigenvalue weighted by atomic mass is 10.1. The van der Waals surface area contributed by atoms with Gasteiger partial charge in [-0.05, 0) is 12.5 Å². The van der Waals surface area contributed by atoms with Crippen LogP contribution in [0.25, 0.3) is 0 Å². The minimum absolute atomic E-state index is 0.0406. The quantitative estimate of drug-likeness (QED) is 0.785. The average molecular weight is 222 g/mol. The summed E-state index contributed by atoms with van der Waals surface area (Å²) >= 11 is 1.22. The van der Waals surface area contributed by atoms with Crippen LogP contribution in [-0.2, 0) is 9.59 Å². The summed E-state index contributed by atoms with van der Waals surface area (Å²) in [5.74, 6) is 0.109. The van der Waals surface area contributed by atoms with Crippen molar-refractivity contribution in [3.63, 3.8) is 0 Å². The van der Waals surface area contributed by atoms with Crippen LogP contribution in [-0.4, -0.2) is 10.9 Å². The molecule has 0 aliphatic heterocycles. The summed E-state index contributed by atoms with van der Waals surface area (Å²) in [6.45, 7) is 3.08. The van der Waals surface area contributed by atoms with Gasteiger partial charge >= 0.3 is 0 Å². The van der Waals surface area contributed by atoms with Gasteiger partial charge in [0.25, 0.3) is 0 Å². The minimum atomic E-state index is -0.0406. The number of carbonyl (C=O) groups is 2. The zero-order valence-electron chi connectivity index (χ0n) is 8.90. The summed E-state index contributed by atoms with van der Waals surface area (Å²) in [4.78, 5) is 22.1. The first-order chi connectivity index (χ1) is 7.09. The first-order valence-corrected chi connectivity index (χ1v) is 5.69. The van der Waals surface area contributed by atoms with Crippen molar-refractivity contribution >= 4 is 22.7 Å². The van der Waals surface area contributed by atoms with E-state index in [0.717, 1.165) is 5.56 Å². The fourth-order valence-corrected chi connectivity index (χ4v) is 2.37. The molecule has 0 unspecified atom stereocenters. The van der Waals surface area contributed by atoms with E-state index in [2.05, 4.69) is 0 Å². The third-order valence-corrected chi connectivity index (χ3v) is 3.01. The molecule has 0 fully saturated rings. The molecule has 0 aromatic heterocycles. The maximum absolute atomic E-state index is 11.1. The number of hydrogen-bond donors (Lipinski definition) is 0. The zero-order valence-corrected chi connectivity index (χ0v) is 9.71. The van der Waals surface area contributed by atoms with Crippen LogP contribution >= 0.6 is 11.8 Å². The molecule has 0 saturated carbocycles. The Morgan fingerprint density at radius 2 is 1.80 bits per heavy atom. The third-order valence-electron chi connectivity index (χ3n) is 1.95. The summed E-state index contributed by atoms with van der Waals surface area (Å²) < 4.78 is 0. The smallest absolute Gasteiger partial charge is 0.186 e. The van der Waals surface area contributed by atoms with E-state index >= 15 is 0 Å². The van der Waals surface area contributed by atoms with E-state index in [0.29, 0.717) is 6.42 Å². The highest BCUT2D eigenvalue weighted by atomic mass is 32.2. The molecule has 15 heavy (non-hydrogen) atoms. The molecule has 0 bridgehead atoms. The van der Waals surface area contributed by atoms with E-state index in [9.17, 15) is 9.59 Å². The van der Waals surface area contributed by atoms with Gasteiger partial charge in [0.15, 0.2) is 5.12 Å². The van der Waals surface area contributed by atoms with Crippen molar-refractivity contribution in [3.05, 3.63) is 35.9 Å². The Labute approximate surface area is 94.1 Å². The summed E-state index contributed by atoms with van der Waals surface area (Å²) in [5.41, 5.74) is 1.04. The lowest BCUT2D eigenvalue weighted by Crippen LogP contribution is -2.02. The van der Waals surface area contributed by atoms with Crippen LogP contribution in [0.3, 0.4) is 0 Å². The van der Waals surface area contributed by atoms with Crippen LogP contribution in [0.4, 0.5) is 0 Å². The monoisotopic (exact) mass is 222 g/mol. The largest absolute Gasteiger partial charge is 0.300 e. The third kappa shape index (κ3) is 4.30. The normalized spacial score (nSPS) is 12.1. The number of carbonyl (C=O) groups excluding carboxylic acids is 2. The molecule has 80 valence electrons. The van der Waals surface area contributed by atoms with Crippen molar-refractivity contribution < 1.29 is 9.59 Å². The molecule has 0 aliphatic rings. The fourth-order valence-electron chi connectivity index (χ4n) is 1.36. The molecule has 2 nitrogen and oxygen atoms in total. The van der Waals surface area contributed by atoms with E-state index in [1.807, 2.05) is 30.3 Å². The molecule has 1 atom stereocenters. The van der Waals surface area contributed by atoms with Gasteiger partial charge in [-0.15, -0.1) is 0 Å². The first-order valence-electron chi connectivity index (χ1n) is 4.81. The second-order valence-corrected chi connectivity index (χ2v) is 4.79. The molecule has 1 aromatic carbocycles.